The number of carbonyl (C=O) groups is 1. The van der Waals surface area contributed by atoms with E-state index in [0.29, 0.717) is 19.9 Å². The van der Waals surface area contributed by atoms with Crippen LogP contribution < -0.4 is 0 Å². The summed E-state index contributed by atoms with van der Waals surface area (Å²) in [5.41, 5.74) is 1.39. The van der Waals surface area contributed by atoms with Crippen LogP contribution in [0.3, 0.4) is 0 Å². The summed E-state index contributed by atoms with van der Waals surface area (Å²) in [5, 5.41) is 10.6. The zero-order chi connectivity index (χ0) is 10.3. The molecule has 0 aliphatic carbocycles. The number of rotatable bonds is 1. The molecule has 1 amide bonds. The van der Waals surface area contributed by atoms with Crippen LogP contribution in [0.2, 0.25) is 5.32 Å². The molecule has 2 aliphatic heterocycles. The van der Waals surface area contributed by atoms with Gasteiger partial charge in [0, 0.05) is 0 Å². The monoisotopic (exact) mass is 261 g/mol. The van der Waals surface area contributed by atoms with Gasteiger partial charge in [0.2, 0.25) is 0 Å². The molecule has 14 heavy (non-hydrogen) atoms. The molecule has 0 aromatic heterocycles. The molecule has 0 aromatic rings. The third kappa shape index (κ3) is 1.52. The zero-order valence-corrected chi connectivity index (χ0v) is 10.1. The Morgan fingerprint density at radius 2 is 2.43 bits per heavy atom. The Labute approximate surface area is 90.3 Å². The second kappa shape index (κ2) is 3.69. The van der Waals surface area contributed by atoms with Gasteiger partial charge in [-0.1, -0.05) is 0 Å². The summed E-state index contributed by atoms with van der Waals surface area (Å²) in [6, 6.07) is 0. The Hall–Kier alpha value is -0.311. The molecule has 2 heterocycles. The zero-order valence-electron chi connectivity index (χ0n) is 8.43. The summed E-state index contributed by atoms with van der Waals surface area (Å²) in [5.74, 6) is 0.0205. The molecular formula is C10H15NO2Se. The number of allylic oxidation sites excluding steroid dienone is 1. The van der Waals surface area contributed by atoms with Crippen LogP contribution in [0.25, 0.3) is 0 Å². The van der Waals surface area contributed by atoms with Gasteiger partial charge in [-0.05, 0) is 0 Å². The molecule has 0 unspecified atom stereocenters. The second-order valence-electron chi connectivity index (χ2n) is 4.01. The fraction of sp³-hybridized carbons (Fsp3) is 0.700. The van der Waals surface area contributed by atoms with Crippen LogP contribution in [0, 0.1) is 5.92 Å². The van der Waals surface area contributed by atoms with Crippen molar-refractivity contribution in [1.82, 2.24) is 4.90 Å². The fourth-order valence-electron chi connectivity index (χ4n) is 1.91. The SMILES string of the molecule is CC1=CCN2C(=O)[C@H]([C@@H](C)O)[C@H]2[Se]C1. The molecule has 2 rings (SSSR count). The van der Waals surface area contributed by atoms with Crippen molar-refractivity contribution in [2.75, 3.05) is 6.54 Å². The van der Waals surface area contributed by atoms with E-state index in [1.54, 1.807) is 6.92 Å². The van der Waals surface area contributed by atoms with E-state index >= 15 is 0 Å². The average molecular weight is 260 g/mol. The number of nitrogens with zero attached hydrogens (tertiary/aromatic N) is 1. The first-order valence-electron chi connectivity index (χ1n) is 4.87. The van der Waals surface area contributed by atoms with Crippen molar-refractivity contribution in [2.45, 2.75) is 30.2 Å². The number of hydrogen-bond donors (Lipinski definition) is 1. The summed E-state index contributed by atoms with van der Waals surface area (Å²) < 4.78 is 0. The van der Waals surface area contributed by atoms with Crippen molar-refractivity contribution >= 4 is 20.9 Å². The number of hydrogen-bond acceptors (Lipinski definition) is 2. The van der Waals surface area contributed by atoms with Gasteiger partial charge in [-0.2, -0.15) is 0 Å². The van der Waals surface area contributed by atoms with E-state index in [-0.39, 0.29) is 11.8 Å². The van der Waals surface area contributed by atoms with Crippen LogP contribution in [0.15, 0.2) is 11.6 Å². The molecule has 1 saturated heterocycles. The molecule has 0 saturated carbocycles. The Bertz CT molecular complexity index is 288. The summed E-state index contributed by atoms with van der Waals surface area (Å²) >= 11 is 0.437. The van der Waals surface area contributed by atoms with E-state index in [1.807, 2.05) is 4.90 Å². The van der Waals surface area contributed by atoms with Crippen LogP contribution in [-0.4, -0.2) is 48.5 Å². The molecule has 0 bridgehead atoms. The molecular weight excluding hydrogens is 245 g/mol. The van der Waals surface area contributed by atoms with E-state index in [1.165, 1.54) is 5.57 Å². The minimum atomic E-state index is -0.482. The van der Waals surface area contributed by atoms with Gasteiger partial charge in [0.15, 0.2) is 0 Å². The van der Waals surface area contributed by atoms with Gasteiger partial charge in [-0.3, -0.25) is 0 Å². The first-order valence-corrected chi connectivity index (χ1v) is 7.07. The van der Waals surface area contributed by atoms with Gasteiger partial charge in [-0.15, -0.1) is 0 Å². The van der Waals surface area contributed by atoms with E-state index in [4.69, 9.17) is 0 Å². The third-order valence-corrected chi connectivity index (χ3v) is 5.99. The van der Waals surface area contributed by atoms with Gasteiger partial charge in [-0.25, -0.2) is 0 Å². The Kier molecular flexibility index (Phi) is 2.69. The maximum atomic E-state index is 11.6. The molecule has 3 atom stereocenters. The van der Waals surface area contributed by atoms with Crippen molar-refractivity contribution in [3.63, 3.8) is 0 Å². The Morgan fingerprint density at radius 1 is 1.71 bits per heavy atom. The summed E-state index contributed by atoms with van der Waals surface area (Å²) in [6.07, 6.45) is 1.65. The van der Waals surface area contributed by atoms with Gasteiger partial charge < -0.3 is 0 Å². The van der Waals surface area contributed by atoms with Crippen molar-refractivity contribution in [3.8, 4) is 0 Å². The van der Waals surface area contributed by atoms with Crippen LogP contribution in [0.1, 0.15) is 13.8 Å². The molecule has 0 radical (unpaired) electrons. The number of carbonyl (C=O) groups excluding carboxylic acids is 1. The Balaban J connectivity index is 2.10. The van der Waals surface area contributed by atoms with Crippen LogP contribution in [0.4, 0.5) is 0 Å². The van der Waals surface area contributed by atoms with E-state index in [0.717, 1.165) is 11.9 Å². The predicted octanol–water partition coefficient (Wildman–Crippen LogP) is 0.234. The molecule has 0 aromatic carbocycles. The van der Waals surface area contributed by atoms with Crippen molar-refractivity contribution in [1.29, 1.82) is 0 Å². The van der Waals surface area contributed by atoms with Crippen LogP contribution in [0.5, 0.6) is 0 Å². The number of β-lactam (4-membered cyclic amide) rings is 1. The second-order valence-corrected chi connectivity index (χ2v) is 6.33. The van der Waals surface area contributed by atoms with Crippen molar-refractivity contribution < 1.29 is 9.90 Å². The van der Waals surface area contributed by atoms with E-state index in [2.05, 4.69) is 13.0 Å². The summed E-state index contributed by atoms with van der Waals surface area (Å²) in [4.78, 5) is 13.9. The molecule has 3 nitrogen and oxygen atoms in total. The van der Waals surface area contributed by atoms with Gasteiger partial charge >= 0.3 is 90.0 Å². The first-order chi connectivity index (χ1) is 6.61. The molecule has 1 fully saturated rings. The molecule has 0 spiro atoms. The molecule has 2 aliphatic rings. The van der Waals surface area contributed by atoms with E-state index < -0.39 is 6.10 Å². The average Bonchev–Trinajstić information content (AvgIpc) is 2.24. The number of fused-ring (bicyclic) bond motifs is 1. The number of aliphatic hydroxyl groups is 1. The van der Waals surface area contributed by atoms with Crippen molar-refractivity contribution in [2.24, 2.45) is 5.92 Å². The fourth-order valence-corrected chi connectivity index (χ4v) is 5.00. The first kappa shape index (κ1) is 10.2. The molecule has 78 valence electrons. The summed E-state index contributed by atoms with van der Waals surface area (Å²) in [6.45, 7) is 4.59. The predicted molar refractivity (Wildman–Crippen MR) is 55.0 cm³/mol. The molecule has 4 heteroatoms. The van der Waals surface area contributed by atoms with Crippen molar-refractivity contribution in [3.05, 3.63) is 11.6 Å². The molecule has 1 N–H and O–H groups in total. The quantitative estimate of drug-likeness (QED) is 0.416. The normalized spacial score (nSPS) is 34.1. The van der Waals surface area contributed by atoms with Gasteiger partial charge in [0.05, 0.1) is 0 Å². The number of amides is 1. The third-order valence-electron chi connectivity index (χ3n) is 2.82. The standard InChI is InChI=1S/C10H15NO2Se/c1-6-3-4-11-9(13)8(7(2)12)10(11)14-5-6/h3,7-8,10,12H,4-5H2,1-2H3/t7-,8+,10-/m1/s1. The number of aliphatic hydroxyl groups excluding tert-OH is 1. The van der Waals surface area contributed by atoms with E-state index in [9.17, 15) is 9.90 Å². The maximum absolute atomic E-state index is 11.6. The van der Waals surface area contributed by atoms with Gasteiger partial charge in [0.1, 0.15) is 0 Å². The topological polar surface area (TPSA) is 40.5 Å². The Morgan fingerprint density at radius 3 is 3.07 bits per heavy atom. The summed E-state index contributed by atoms with van der Waals surface area (Å²) in [7, 11) is 0. The minimum absolute atomic E-state index is 0.116. The van der Waals surface area contributed by atoms with Crippen LogP contribution in [-0.2, 0) is 4.79 Å². The van der Waals surface area contributed by atoms with Crippen LogP contribution >= 0.6 is 0 Å². The van der Waals surface area contributed by atoms with Gasteiger partial charge in [0.25, 0.3) is 0 Å².